The summed E-state index contributed by atoms with van der Waals surface area (Å²) >= 11 is 1.81. The molecule has 4 rings (SSSR count). The summed E-state index contributed by atoms with van der Waals surface area (Å²) < 4.78 is 0. The van der Waals surface area contributed by atoms with Crippen LogP contribution in [-0.2, 0) is 37.1 Å². The average molecular weight is 340 g/mol. The molecule has 1 amide bonds. The first-order valence-electron chi connectivity index (χ1n) is 8.91. The maximum Gasteiger partial charge on any atom is 0.221 e. The second-order valence-electron chi connectivity index (χ2n) is 6.93. The zero-order valence-corrected chi connectivity index (χ0v) is 15.0. The van der Waals surface area contributed by atoms with Gasteiger partial charge >= 0.3 is 0 Å². The number of carbonyl (C=O) groups is 1. The summed E-state index contributed by atoms with van der Waals surface area (Å²) in [7, 11) is 0. The van der Waals surface area contributed by atoms with Crippen LogP contribution in [0.1, 0.15) is 46.9 Å². The highest BCUT2D eigenvalue weighted by Crippen LogP contribution is 2.39. The molecule has 0 atom stereocenters. The first kappa shape index (κ1) is 15.9. The van der Waals surface area contributed by atoms with Gasteiger partial charge in [0, 0.05) is 37.0 Å². The van der Waals surface area contributed by atoms with Crippen molar-refractivity contribution in [2.24, 2.45) is 0 Å². The predicted octanol–water partition coefficient (Wildman–Crippen LogP) is 4.14. The second kappa shape index (κ2) is 6.69. The number of nitrogens with zero attached hydrogens (tertiary/aromatic N) is 1. The molecule has 3 nitrogen and oxygen atoms in total. The quantitative estimate of drug-likeness (QED) is 0.910. The predicted molar refractivity (Wildman–Crippen MR) is 99.5 cm³/mol. The van der Waals surface area contributed by atoms with E-state index in [0.29, 0.717) is 0 Å². The van der Waals surface area contributed by atoms with Gasteiger partial charge in [0.15, 0.2) is 0 Å². The molecule has 0 radical (unpaired) electrons. The molecule has 0 saturated heterocycles. The summed E-state index contributed by atoms with van der Waals surface area (Å²) in [5.74, 6) is 0.0406. The maximum atomic E-state index is 11.6. The van der Waals surface area contributed by atoms with Gasteiger partial charge in [-0.05, 0) is 48.8 Å². The van der Waals surface area contributed by atoms with Crippen LogP contribution in [0, 0.1) is 0 Å². The molecule has 126 valence electrons. The molecule has 4 heteroatoms. The smallest absolute Gasteiger partial charge is 0.221 e. The number of thiophene rings is 1. The van der Waals surface area contributed by atoms with Crippen molar-refractivity contribution in [2.45, 2.75) is 52.1 Å². The monoisotopic (exact) mass is 340 g/mol. The third kappa shape index (κ3) is 3.13. The fraction of sp³-hybridized carbons (Fsp3) is 0.450. The van der Waals surface area contributed by atoms with Gasteiger partial charge in [-0.2, -0.15) is 0 Å². The van der Waals surface area contributed by atoms with Crippen molar-refractivity contribution < 1.29 is 4.79 Å². The molecule has 2 aromatic rings. The topological polar surface area (TPSA) is 32.3 Å². The molecule has 2 heterocycles. The fourth-order valence-corrected chi connectivity index (χ4v) is 5.32. The molecule has 0 fully saturated rings. The molecule has 1 aliphatic heterocycles. The fourth-order valence-electron chi connectivity index (χ4n) is 3.97. The zero-order valence-electron chi connectivity index (χ0n) is 14.2. The van der Waals surface area contributed by atoms with Gasteiger partial charge in [0.2, 0.25) is 5.91 Å². The van der Waals surface area contributed by atoms with Gasteiger partial charge in [-0.1, -0.05) is 24.3 Å². The van der Waals surface area contributed by atoms with E-state index in [1.54, 1.807) is 18.3 Å². The van der Waals surface area contributed by atoms with Gasteiger partial charge in [0.1, 0.15) is 0 Å². The van der Waals surface area contributed by atoms with Gasteiger partial charge < -0.3 is 5.32 Å². The van der Waals surface area contributed by atoms with Crippen LogP contribution in [0.5, 0.6) is 0 Å². The lowest BCUT2D eigenvalue weighted by molar-refractivity contribution is -0.114. The Morgan fingerprint density at radius 2 is 1.96 bits per heavy atom. The number of fused-ring (bicyclic) bond motifs is 2. The highest BCUT2D eigenvalue weighted by atomic mass is 32.1. The van der Waals surface area contributed by atoms with Crippen LogP contribution in [0.15, 0.2) is 24.3 Å². The number of amides is 1. The lowest BCUT2D eigenvalue weighted by Gasteiger charge is -2.29. The van der Waals surface area contributed by atoms with Crippen LogP contribution < -0.4 is 5.32 Å². The first-order valence-corrected chi connectivity index (χ1v) is 9.72. The first-order chi connectivity index (χ1) is 11.7. The maximum absolute atomic E-state index is 11.6. The van der Waals surface area contributed by atoms with Crippen molar-refractivity contribution in [1.82, 2.24) is 4.90 Å². The number of hydrogen-bond acceptors (Lipinski definition) is 3. The molecular weight excluding hydrogens is 316 g/mol. The van der Waals surface area contributed by atoms with Crippen molar-refractivity contribution in [2.75, 3.05) is 11.9 Å². The third-order valence-corrected chi connectivity index (χ3v) is 6.41. The number of hydrogen-bond donors (Lipinski definition) is 1. The zero-order chi connectivity index (χ0) is 16.5. The summed E-state index contributed by atoms with van der Waals surface area (Å²) in [6.07, 6.45) is 6.03. The van der Waals surface area contributed by atoms with Crippen LogP contribution in [0.25, 0.3) is 0 Å². The van der Waals surface area contributed by atoms with E-state index in [0.717, 1.165) is 31.1 Å². The molecule has 2 aliphatic rings. The van der Waals surface area contributed by atoms with Gasteiger partial charge in [0.05, 0.1) is 5.00 Å². The minimum absolute atomic E-state index is 0.0406. The van der Waals surface area contributed by atoms with Crippen molar-refractivity contribution >= 4 is 22.2 Å². The number of benzene rings is 1. The average Bonchev–Trinajstić information content (AvgIpc) is 2.91. The van der Waals surface area contributed by atoms with Gasteiger partial charge in [0.25, 0.3) is 0 Å². The Morgan fingerprint density at radius 3 is 2.79 bits per heavy atom. The minimum atomic E-state index is 0.0406. The van der Waals surface area contributed by atoms with Crippen LogP contribution >= 0.6 is 11.3 Å². The van der Waals surface area contributed by atoms with E-state index < -0.39 is 0 Å². The van der Waals surface area contributed by atoms with Crippen molar-refractivity contribution in [1.29, 1.82) is 0 Å². The Kier molecular flexibility index (Phi) is 4.42. The molecule has 1 aromatic heterocycles. The highest BCUT2D eigenvalue weighted by molar-refractivity contribution is 7.16. The Morgan fingerprint density at radius 1 is 1.17 bits per heavy atom. The van der Waals surface area contributed by atoms with E-state index in [-0.39, 0.29) is 5.91 Å². The van der Waals surface area contributed by atoms with Crippen LogP contribution in [0.3, 0.4) is 0 Å². The standard InChI is InChI=1S/C20H24N2OS/c1-14(23)21-20-18(17-8-4-5-9-19(17)24-20)13-22-11-10-15-6-2-3-7-16(15)12-22/h2-3,6-7H,4-5,8-13H2,1H3,(H,21,23). The largest absolute Gasteiger partial charge is 0.318 e. The van der Waals surface area contributed by atoms with Crippen molar-refractivity contribution in [3.05, 3.63) is 51.4 Å². The Hall–Kier alpha value is -1.65. The van der Waals surface area contributed by atoms with E-state index in [1.807, 2.05) is 0 Å². The Labute approximate surface area is 147 Å². The Balaban J connectivity index is 1.60. The molecule has 0 spiro atoms. The highest BCUT2D eigenvalue weighted by Gasteiger charge is 2.24. The molecule has 1 aliphatic carbocycles. The molecule has 0 bridgehead atoms. The van der Waals surface area contributed by atoms with Crippen molar-refractivity contribution in [3.8, 4) is 0 Å². The van der Waals surface area contributed by atoms with E-state index in [9.17, 15) is 4.79 Å². The number of rotatable bonds is 3. The summed E-state index contributed by atoms with van der Waals surface area (Å²) in [6.45, 7) is 4.68. The second-order valence-corrected chi connectivity index (χ2v) is 8.03. The summed E-state index contributed by atoms with van der Waals surface area (Å²) in [4.78, 5) is 15.6. The molecule has 0 saturated carbocycles. The van der Waals surface area contributed by atoms with E-state index >= 15 is 0 Å². The molecule has 1 N–H and O–H groups in total. The Bertz CT molecular complexity index is 765. The minimum Gasteiger partial charge on any atom is -0.318 e. The number of aryl methyl sites for hydroxylation is 1. The van der Waals surface area contributed by atoms with Crippen LogP contribution in [0.4, 0.5) is 5.00 Å². The van der Waals surface area contributed by atoms with E-state index in [4.69, 9.17) is 0 Å². The number of carbonyl (C=O) groups excluding carboxylic acids is 1. The third-order valence-electron chi connectivity index (χ3n) is 5.16. The molecule has 1 aromatic carbocycles. The van der Waals surface area contributed by atoms with Crippen LogP contribution in [0.2, 0.25) is 0 Å². The van der Waals surface area contributed by atoms with Gasteiger partial charge in [-0.25, -0.2) is 0 Å². The molecule has 24 heavy (non-hydrogen) atoms. The lowest BCUT2D eigenvalue weighted by atomic mass is 9.94. The SMILES string of the molecule is CC(=O)Nc1sc2c(c1CN1CCc3ccccc3C1)CCCC2. The lowest BCUT2D eigenvalue weighted by Crippen LogP contribution is -2.30. The summed E-state index contributed by atoms with van der Waals surface area (Å²) in [6, 6.07) is 8.78. The normalized spacial score (nSPS) is 17.2. The van der Waals surface area contributed by atoms with Gasteiger partial charge in [-0.15, -0.1) is 11.3 Å². The molecule has 0 unspecified atom stereocenters. The molecular formula is C20H24N2OS. The summed E-state index contributed by atoms with van der Waals surface area (Å²) in [5, 5.41) is 4.18. The van der Waals surface area contributed by atoms with Crippen molar-refractivity contribution in [3.63, 3.8) is 0 Å². The number of nitrogens with one attached hydrogen (secondary N) is 1. The van der Waals surface area contributed by atoms with E-state index in [1.165, 1.54) is 52.8 Å². The number of anilines is 1. The summed E-state index contributed by atoms with van der Waals surface area (Å²) in [5.41, 5.74) is 5.84. The van der Waals surface area contributed by atoms with Gasteiger partial charge in [-0.3, -0.25) is 9.69 Å². The van der Waals surface area contributed by atoms with Crippen LogP contribution in [-0.4, -0.2) is 17.4 Å². The van der Waals surface area contributed by atoms with E-state index in [2.05, 4.69) is 34.5 Å².